The number of halogens is 1. The average molecular weight is 168 g/mol. The summed E-state index contributed by atoms with van der Waals surface area (Å²) in [4.78, 5) is 7.70. The van der Waals surface area contributed by atoms with E-state index in [1.807, 2.05) is 0 Å². The Bertz CT molecular complexity index is 137. The van der Waals surface area contributed by atoms with Gasteiger partial charge in [0, 0.05) is 11.8 Å². The molecule has 0 aliphatic rings. The van der Waals surface area contributed by atoms with E-state index in [2.05, 4.69) is 0 Å². The van der Waals surface area contributed by atoms with Gasteiger partial charge in [-0.05, 0) is 18.0 Å². The normalized spacial score (nSPS) is 19.6. The van der Waals surface area contributed by atoms with Gasteiger partial charge in [0.25, 0.3) is 0 Å². The molecule has 2 unspecified atom stereocenters. The van der Waals surface area contributed by atoms with Gasteiger partial charge in [-0.3, -0.25) is 10.1 Å². The van der Waals surface area contributed by atoms with Crippen molar-refractivity contribution < 1.29 is 10.0 Å². The van der Waals surface area contributed by atoms with Crippen LogP contribution in [0.15, 0.2) is 0 Å². The molecule has 0 heterocycles. The van der Waals surface area contributed by atoms with Gasteiger partial charge in [0.2, 0.25) is 0 Å². The highest BCUT2D eigenvalue weighted by Gasteiger charge is 2.41. The van der Waals surface area contributed by atoms with Crippen molar-refractivity contribution in [3.05, 3.63) is 10.1 Å². The van der Waals surface area contributed by atoms with Crippen molar-refractivity contribution >= 4 is 11.6 Å². The monoisotopic (exact) mass is 167 g/mol. The number of rotatable bonds is 3. The summed E-state index contributed by atoms with van der Waals surface area (Å²) in [6.07, 6.45) is -0.815. The minimum absolute atomic E-state index is 0.279. The fourth-order valence-electron chi connectivity index (χ4n) is 0.494. The highest BCUT2D eigenvalue weighted by molar-refractivity contribution is 6.22. The maximum Gasteiger partial charge on any atom is 0.317 e. The summed E-state index contributed by atoms with van der Waals surface area (Å²) in [5.74, 6) is 0. The molecule has 0 rings (SSSR count). The number of nitrogens with zero attached hydrogens (tertiary/aromatic N) is 1. The minimum atomic E-state index is -1.74. The minimum Gasteiger partial charge on any atom is -0.384 e. The predicted octanol–water partition coefficient (Wildman–Crippen LogP) is 0.989. The van der Waals surface area contributed by atoms with E-state index in [1.54, 1.807) is 6.92 Å². The van der Waals surface area contributed by atoms with E-state index in [-0.39, 0.29) is 6.42 Å². The molecule has 4 nitrogen and oxygen atoms in total. The Morgan fingerprint density at radius 1 is 1.90 bits per heavy atom. The summed E-state index contributed by atoms with van der Waals surface area (Å²) < 4.78 is 0. The van der Waals surface area contributed by atoms with Crippen molar-refractivity contribution in [3.63, 3.8) is 0 Å². The molecule has 0 saturated heterocycles. The fraction of sp³-hybridized carbons (Fsp3) is 1.00. The number of aliphatic hydroxyl groups is 1. The maximum absolute atomic E-state index is 10.1. The zero-order valence-corrected chi connectivity index (χ0v) is 6.63. The predicted molar refractivity (Wildman–Crippen MR) is 37.6 cm³/mol. The van der Waals surface area contributed by atoms with Crippen LogP contribution in [0.4, 0.5) is 0 Å². The molecule has 2 atom stereocenters. The van der Waals surface area contributed by atoms with Crippen LogP contribution in [-0.4, -0.2) is 21.1 Å². The van der Waals surface area contributed by atoms with Gasteiger partial charge in [-0.2, -0.15) is 0 Å². The number of hydrogen-bond acceptors (Lipinski definition) is 3. The molecule has 0 fully saturated rings. The standard InChI is InChI=1S/C5H10ClNO3/c1-3-4(8)5(2,6)7(9)10/h4,8H,3H2,1-2H3. The molecular formula is C5H10ClNO3. The van der Waals surface area contributed by atoms with E-state index in [4.69, 9.17) is 16.7 Å². The van der Waals surface area contributed by atoms with Gasteiger partial charge in [-0.25, -0.2) is 0 Å². The molecular weight excluding hydrogens is 158 g/mol. The first-order chi connectivity index (χ1) is 4.42. The number of alkyl halides is 1. The first kappa shape index (κ1) is 9.65. The van der Waals surface area contributed by atoms with E-state index in [0.717, 1.165) is 0 Å². The number of nitro groups is 1. The smallest absolute Gasteiger partial charge is 0.317 e. The van der Waals surface area contributed by atoms with Crippen LogP contribution >= 0.6 is 11.6 Å². The summed E-state index contributed by atoms with van der Waals surface area (Å²) in [6, 6.07) is 0. The average Bonchev–Trinajstić information content (AvgIpc) is 1.86. The molecule has 1 N–H and O–H groups in total. The Balaban J connectivity index is 4.23. The van der Waals surface area contributed by atoms with Gasteiger partial charge in [0.1, 0.15) is 6.10 Å². The lowest BCUT2D eigenvalue weighted by Crippen LogP contribution is -2.40. The molecule has 0 aliphatic heterocycles. The molecule has 0 aliphatic carbocycles. The maximum atomic E-state index is 10.1. The van der Waals surface area contributed by atoms with Gasteiger partial charge in [0.05, 0.1) is 0 Å². The number of hydrogen-bond donors (Lipinski definition) is 1. The highest BCUT2D eigenvalue weighted by Crippen LogP contribution is 2.21. The van der Waals surface area contributed by atoms with Gasteiger partial charge in [-0.15, -0.1) is 0 Å². The number of aliphatic hydroxyl groups excluding tert-OH is 1. The topological polar surface area (TPSA) is 63.4 Å². The van der Waals surface area contributed by atoms with Crippen molar-refractivity contribution in [2.45, 2.75) is 31.4 Å². The van der Waals surface area contributed by atoms with Crippen LogP contribution in [0.3, 0.4) is 0 Å². The van der Waals surface area contributed by atoms with E-state index in [1.165, 1.54) is 6.92 Å². The molecule has 0 amide bonds. The molecule has 10 heavy (non-hydrogen) atoms. The van der Waals surface area contributed by atoms with Gasteiger partial charge in [0.15, 0.2) is 0 Å². The van der Waals surface area contributed by atoms with E-state index < -0.39 is 16.0 Å². The summed E-state index contributed by atoms with van der Waals surface area (Å²) in [6.45, 7) is 2.82. The van der Waals surface area contributed by atoms with Crippen LogP contribution in [-0.2, 0) is 0 Å². The Morgan fingerprint density at radius 2 is 2.30 bits per heavy atom. The van der Waals surface area contributed by atoms with E-state index >= 15 is 0 Å². The second-order valence-electron chi connectivity index (χ2n) is 2.21. The Kier molecular flexibility index (Phi) is 3.05. The summed E-state index contributed by atoms with van der Waals surface area (Å²) in [5, 5.41) is 19.1. The summed E-state index contributed by atoms with van der Waals surface area (Å²) in [5.41, 5.74) is 0. The molecule has 0 aromatic heterocycles. The Hall–Kier alpha value is -0.350. The van der Waals surface area contributed by atoms with Crippen LogP contribution in [0.25, 0.3) is 0 Å². The summed E-state index contributed by atoms with van der Waals surface area (Å²) >= 11 is 5.37. The molecule has 0 aromatic rings. The fourth-order valence-corrected chi connectivity index (χ4v) is 0.649. The van der Waals surface area contributed by atoms with Crippen LogP contribution in [0.2, 0.25) is 0 Å². The first-order valence-electron chi connectivity index (χ1n) is 2.94. The van der Waals surface area contributed by atoms with Crippen molar-refractivity contribution in [3.8, 4) is 0 Å². The molecule has 0 spiro atoms. The lowest BCUT2D eigenvalue weighted by Gasteiger charge is -2.17. The van der Waals surface area contributed by atoms with Gasteiger partial charge >= 0.3 is 5.00 Å². The quantitative estimate of drug-likeness (QED) is 0.295. The van der Waals surface area contributed by atoms with Gasteiger partial charge in [-0.1, -0.05) is 6.92 Å². The van der Waals surface area contributed by atoms with Crippen molar-refractivity contribution in [1.29, 1.82) is 0 Å². The summed E-state index contributed by atoms with van der Waals surface area (Å²) in [7, 11) is 0. The van der Waals surface area contributed by atoms with E-state index in [9.17, 15) is 10.1 Å². The third-order valence-corrected chi connectivity index (χ3v) is 1.74. The molecule has 0 bridgehead atoms. The largest absolute Gasteiger partial charge is 0.384 e. The molecule has 5 heteroatoms. The third kappa shape index (κ3) is 1.82. The second-order valence-corrected chi connectivity index (χ2v) is 2.97. The lowest BCUT2D eigenvalue weighted by molar-refractivity contribution is -0.549. The van der Waals surface area contributed by atoms with Crippen LogP contribution in [0, 0.1) is 10.1 Å². The molecule has 0 saturated carbocycles. The van der Waals surface area contributed by atoms with Crippen LogP contribution in [0.1, 0.15) is 20.3 Å². The SMILES string of the molecule is CCC(O)C(C)(Cl)[N+](=O)[O-]. The Morgan fingerprint density at radius 3 is 2.40 bits per heavy atom. The lowest BCUT2D eigenvalue weighted by atomic mass is 10.1. The second kappa shape index (κ2) is 3.16. The molecule has 60 valence electrons. The molecule has 0 radical (unpaired) electrons. The zero-order chi connectivity index (χ0) is 8.36. The van der Waals surface area contributed by atoms with Crippen LogP contribution < -0.4 is 0 Å². The highest BCUT2D eigenvalue weighted by atomic mass is 35.5. The van der Waals surface area contributed by atoms with Gasteiger partial charge < -0.3 is 5.11 Å². The Labute approximate surface area is 63.9 Å². The van der Waals surface area contributed by atoms with E-state index in [0.29, 0.717) is 0 Å². The zero-order valence-electron chi connectivity index (χ0n) is 5.87. The van der Waals surface area contributed by atoms with Crippen molar-refractivity contribution in [1.82, 2.24) is 0 Å². The van der Waals surface area contributed by atoms with Crippen molar-refractivity contribution in [2.24, 2.45) is 0 Å². The van der Waals surface area contributed by atoms with Crippen molar-refractivity contribution in [2.75, 3.05) is 0 Å². The van der Waals surface area contributed by atoms with Crippen LogP contribution in [0.5, 0.6) is 0 Å². The first-order valence-corrected chi connectivity index (χ1v) is 3.32. The molecule has 0 aromatic carbocycles. The third-order valence-electron chi connectivity index (χ3n) is 1.35.